The van der Waals surface area contributed by atoms with Gasteiger partial charge in [0.2, 0.25) is 5.95 Å². The van der Waals surface area contributed by atoms with Crippen LogP contribution < -0.4 is 10.2 Å². The Morgan fingerprint density at radius 2 is 1.82 bits per heavy atom. The topological polar surface area (TPSA) is 41.1 Å². The summed E-state index contributed by atoms with van der Waals surface area (Å²) in [5.74, 6) is 2.72. The van der Waals surface area contributed by atoms with Crippen molar-refractivity contribution in [1.29, 1.82) is 0 Å². The van der Waals surface area contributed by atoms with Gasteiger partial charge in [-0.25, -0.2) is 9.97 Å². The number of rotatable bonds is 2. The monoisotopic (exact) mass is 232 g/mol. The zero-order valence-electron chi connectivity index (χ0n) is 10.2. The fourth-order valence-corrected chi connectivity index (χ4v) is 3.10. The van der Waals surface area contributed by atoms with Gasteiger partial charge in [0.05, 0.1) is 0 Å². The Kier molecular flexibility index (Phi) is 3.22. The number of nitrogens with one attached hydrogen (secondary N) is 1. The molecule has 2 fully saturated rings. The lowest BCUT2D eigenvalue weighted by atomic mass is 9.84. The lowest BCUT2D eigenvalue weighted by molar-refractivity contribution is 0.291. The van der Waals surface area contributed by atoms with E-state index in [2.05, 4.69) is 20.2 Å². The normalized spacial score (nSPS) is 26.4. The maximum absolute atomic E-state index is 4.33. The molecule has 1 N–H and O–H groups in total. The Balaban J connectivity index is 1.57. The summed E-state index contributed by atoms with van der Waals surface area (Å²) in [6.07, 6.45) is 7.62. The van der Waals surface area contributed by atoms with Crippen LogP contribution in [-0.2, 0) is 0 Å². The van der Waals surface area contributed by atoms with Gasteiger partial charge in [0.1, 0.15) is 0 Å². The zero-order chi connectivity index (χ0) is 11.5. The molecule has 4 heteroatoms. The number of piperidine rings is 1. The Hall–Kier alpha value is -1.16. The van der Waals surface area contributed by atoms with E-state index in [1.807, 2.05) is 18.5 Å². The molecule has 1 unspecified atom stereocenters. The van der Waals surface area contributed by atoms with Crippen molar-refractivity contribution in [2.24, 2.45) is 11.8 Å². The minimum atomic E-state index is 0.899. The molecule has 2 aliphatic rings. The van der Waals surface area contributed by atoms with Crippen molar-refractivity contribution in [3.63, 3.8) is 0 Å². The first kappa shape index (κ1) is 11.0. The van der Waals surface area contributed by atoms with Gasteiger partial charge in [-0.1, -0.05) is 0 Å². The van der Waals surface area contributed by atoms with Crippen LogP contribution in [-0.4, -0.2) is 36.1 Å². The van der Waals surface area contributed by atoms with Crippen molar-refractivity contribution < 1.29 is 0 Å². The van der Waals surface area contributed by atoms with Crippen LogP contribution in [0.25, 0.3) is 0 Å². The lowest BCUT2D eigenvalue weighted by Crippen LogP contribution is -2.37. The number of hydrogen-bond acceptors (Lipinski definition) is 4. The molecule has 1 aromatic heterocycles. The van der Waals surface area contributed by atoms with Crippen molar-refractivity contribution >= 4 is 5.95 Å². The molecule has 92 valence electrons. The second-order valence-corrected chi connectivity index (χ2v) is 5.13. The highest BCUT2D eigenvalue weighted by molar-refractivity contribution is 5.28. The van der Waals surface area contributed by atoms with Gasteiger partial charge in [-0.3, -0.25) is 0 Å². The smallest absolute Gasteiger partial charge is 0.225 e. The molecule has 0 saturated carbocycles. The third-order valence-electron chi connectivity index (χ3n) is 4.14. The molecule has 3 rings (SSSR count). The quantitative estimate of drug-likeness (QED) is 0.834. The van der Waals surface area contributed by atoms with Crippen molar-refractivity contribution in [3.8, 4) is 0 Å². The maximum Gasteiger partial charge on any atom is 0.225 e. The second-order valence-electron chi connectivity index (χ2n) is 5.13. The van der Waals surface area contributed by atoms with Gasteiger partial charge in [0.25, 0.3) is 0 Å². The van der Waals surface area contributed by atoms with Crippen molar-refractivity contribution in [1.82, 2.24) is 15.3 Å². The summed E-state index contributed by atoms with van der Waals surface area (Å²) in [5, 5.41) is 3.47. The second kappa shape index (κ2) is 5.00. The first-order valence-electron chi connectivity index (χ1n) is 6.66. The van der Waals surface area contributed by atoms with Crippen molar-refractivity contribution in [2.45, 2.75) is 19.3 Å². The van der Waals surface area contributed by atoms with Crippen LogP contribution in [0.5, 0.6) is 0 Å². The SMILES string of the molecule is c1cnc(N2CCC(C3CCNC3)CC2)nc1. The van der Waals surface area contributed by atoms with E-state index in [-0.39, 0.29) is 0 Å². The summed E-state index contributed by atoms with van der Waals surface area (Å²) in [6, 6.07) is 1.88. The molecule has 1 atom stereocenters. The predicted molar refractivity (Wildman–Crippen MR) is 67.9 cm³/mol. The van der Waals surface area contributed by atoms with Gasteiger partial charge >= 0.3 is 0 Å². The number of hydrogen-bond donors (Lipinski definition) is 1. The molecule has 0 amide bonds. The third-order valence-corrected chi connectivity index (χ3v) is 4.14. The molecule has 17 heavy (non-hydrogen) atoms. The van der Waals surface area contributed by atoms with E-state index in [1.54, 1.807) is 0 Å². The Bertz CT molecular complexity index is 340. The largest absolute Gasteiger partial charge is 0.341 e. The molecule has 0 bridgehead atoms. The van der Waals surface area contributed by atoms with Crippen LogP contribution in [0.3, 0.4) is 0 Å². The van der Waals surface area contributed by atoms with Gasteiger partial charge < -0.3 is 10.2 Å². The highest BCUT2D eigenvalue weighted by Crippen LogP contribution is 2.29. The Labute approximate surface area is 102 Å². The van der Waals surface area contributed by atoms with E-state index >= 15 is 0 Å². The predicted octanol–water partition coefficient (Wildman–Crippen LogP) is 1.30. The standard InChI is InChI=1S/C13H20N4/c1-5-15-13(16-6-1)17-8-3-11(4-9-17)12-2-7-14-10-12/h1,5-6,11-12,14H,2-4,7-10H2. The number of nitrogens with zero attached hydrogens (tertiary/aromatic N) is 3. The Morgan fingerprint density at radius 1 is 1.06 bits per heavy atom. The van der Waals surface area contributed by atoms with Gasteiger partial charge in [-0.2, -0.15) is 0 Å². The van der Waals surface area contributed by atoms with Gasteiger partial charge in [-0.05, 0) is 50.3 Å². The van der Waals surface area contributed by atoms with E-state index < -0.39 is 0 Å². The summed E-state index contributed by atoms with van der Waals surface area (Å²) in [7, 11) is 0. The molecular formula is C13H20N4. The summed E-state index contributed by atoms with van der Waals surface area (Å²) in [4.78, 5) is 11.0. The molecule has 1 aromatic rings. The first-order valence-corrected chi connectivity index (χ1v) is 6.66. The number of aromatic nitrogens is 2. The maximum atomic E-state index is 4.33. The van der Waals surface area contributed by atoms with E-state index in [4.69, 9.17) is 0 Å². The molecule has 0 radical (unpaired) electrons. The van der Waals surface area contributed by atoms with E-state index in [0.29, 0.717) is 0 Å². The van der Waals surface area contributed by atoms with Gasteiger partial charge in [0.15, 0.2) is 0 Å². The van der Waals surface area contributed by atoms with Crippen LogP contribution in [0.1, 0.15) is 19.3 Å². The minimum absolute atomic E-state index is 0.899. The minimum Gasteiger partial charge on any atom is -0.341 e. The first-order chi connectivity index (χ1) is 8.43. The van der Waals surface area contributed by atoms with Crippen LogP contribution in [0.15, 0.2) is 18.5 Å². The molecule has 3 heterocycles. The molecule has 0 spiro atoms. The fourth-order valence-electron chi connectivity index (χ4n) is 3.10. The van der Waals surface area contributed by atoms with E-state index in [9.17, 15) is 0 Å². The highest BCUT2D eigenvalue weighted by Gasteiger charge is 2.28. The average molecular weight is 232 g/mol. The van der Waals surface area contributed by atoms with Crippen molar-refractivity contribution in [2.75, 3.05) is 31.1 Å². The molecule has 2 saturated heterocycles. The van der Waals surface area contributed by atoms with Crippen LogP contribution in [0, 0.1) is 11.8 Å². The summed E-state index contributed by atoms with van der Waals surface area (Å²) in [5.41, 5.74) is 0. The van der Waals surface area contributed by atoms with Crippen LogP contribution in [0.4, 0.5) is 5.95 Å². The van der Waals surface area contributed by atoms with Crippen LogP contribution in [0.2, 0.25) is 0 Å². The molecule has 0 aliphatic carbocycles. The average Bonchev–Trinajstić information content (AvgIpc) is 2.94. The Morgan fingerprint density at radius 3 is 2.47 bits per heavy atom. The fraction of sp³-hybridized carbons (Fsp3) is 0.692. The molecule has 0 aromatic carbocycles. The molecular weight excluding hydrogens is 212 g/mol. The van der Waals surface area contributed by atoms with Gasteiger partial charge in [-0.15, -0.1) is 0 Å². The lowest BCUT2D eigenvalue weighted by Gasteiger charge is -2.34. The number of anilines is 1. The highest BCUT2D eigenvalue weighted by atomic mass is 15.2. The third kappa shape index (κ3) is 2.41. The zero-order valence-corrected chi connectivity index (χ0v) is 10.2. The molecule has 4 nitrogen and oxygen atoms in total. The van der Waals surface area contributed by atoms with Crippen LogP contribution >= 0.6 is 0 Å². The molecule has 2 aliphatic heterocycles. The summed E-state index contributed by atoms with van der Waals surface area (Å²) >= 11 is 0. The van der Waals surface area contributed by atoms with E-state index in [0.717, 1.165) is 30.9 Å². The summed E-state index contributed by atoms with van der Waals surface area (Å²) < 4.78 is 0. The van der Waals surface area contributed by atoms with E-state index in [1.165, 1.54) is 32.4 Å². The summed E-state index contributed by atoms with van der Waals surface area (Å²) in [6.45, 7) is 4.68. The van der Waals surface area contributed by atoms with Gasteiger partial charge in [0, 0.05) is 25.5 Å². The van der Waals surface area contributed by atoms with Crippen molar-refractivity contribution in [3.05, 3.63) is 18.5 Å².